The summed E-state index contributed by atoms with van der Waals surface area (Å²) < 4.78 is 5.87. The number of para-hydroxylation sites is 1. The molecule has 0 unspecified atom stereocenters. The number of aryl methyl sites for hydroxylation is 3. The highest BCUT2D eigenvalue weighted by Gasteiger charge is 2.25. The lowest BCUT2D eigenvalue weighted by Gasteiger charge is -2.29. The van der Waals surface area contributed by atoms with Gasteiger partial charge in [0, 0.05) is 18.3 Å². The molecule has 0 fully saturated rings. The van der Waals surface area contributed by atoms with E-state index in [0.29, 0.717) is 17.5 Å². The molecule has 4 heteroatoms. The van der Waals surface area contributed by atoms with Crippen LogP contribution < -0.4 is 10.3 Å². The van der Waals surface area contributed by atoms with Crippen molar-refractivity contribution in [3.8, 4) is 0 Å². The van der Waals surface area contributed by atoms with E-state index in [9.17, 15) is 9.59 Å². The monoisotopic (exact) mass is 333 g/mol. The first-order chi connectivity index (χ1) is 12.0. The summed E-state index contributed by atoms with van der Waals surface area (Å²) in [4.78, 5) is 27.3. The van der Waals surface area contributed by atoms with Gasteiger partial charge in [-0.3, -0.25) is 9.59 Å². The van der Waals surface area contributed by atoms with Gasteiger partial charge in [-0.25, -0.2) is 0 Å². The number of carbonyl (C=O) groups excluding carboxylic acids is 1. The van der Waals surface area contributed by atoms with Crippen molar-refractivity contribution in [1.29, 1.82) is 0 Å². The highest BCUT2D eigenvalue weighted by molar-refractivity contribution is 6.05. The minimum absolute atomic E-state index is 0.0983. The van der Waals surface area contributed by atoms with Crippen molar-refractivity contribution in [2.24, 2.45) is 0 Å². The van der Waals surface area contributed by atoms with Crippen LogP contribution in [0.3, 0.4) is 0 Å². The molecular formula is C21H19NO3. The normalized spacial score (nSPS) is 13.8. The van der Waals surface area contributed by atoms with Crippen molar-refractivity contribution in [2.75, 3.05) is 11.4 Å². The van der Waals surface area contributed by atoms with E-state index in [4.69, 9.17) is 4.42 Å². The minimum atomic E-state index is -0.258. The number of carbonyl (C=O) groups is 1. The highest BCUT2D eigenvalue weighted by atomic mass is 16.3. The van der Waals surface area contributed by atoms with Gasteiger partial charge in [0.05, 0.1) is 5.39 Å². The first-order valence-electron chi connectivity index (χ1n) is 8.49. The van der Waals surface area contributed by atoms with Gasteiger partial charge in [0.15, 0.2) is 11.2 Å². The number of hydrogen-bond donors (Lipinski definition) is 0. The highest BCUT2D eigenvalue weighted by Crippen LogP contribution is 2.28. The average Bonchev–Trinajstić information content (AvgIpc) is 2.61. The second-order valence-electron chi connectivity index (χ2n) is 6.62. The molecule has 0 N–H and O–H groups in total. The van der Waals surface area contributed by atoms with Crippen molar-refractivity contribution in [3.05, 3.63) is 75.1 Å². The van der Waals surface area contributed by atoms with E-state index in [1.54, 1.807) is 11.0 Å². The third-order valence-electron chi connectivity index (χ3n) is 4.72. The molecule has 0 radical (unpaired) electrons. The van der Waals surface area contributed by atoms with Crippen LogP contribution in [0.2, 0.25) is 0 Å². The van der Waals surface area contributed by atoms with Crippen LogP contribution in [0.5, 0.6) is 0 Å². The van der Waals surface area contributed by atoms with Crippen LogP contribution in [0, 0.1) is 13.8 Å². The predicted octanol–water partition coefficient (Wildman–Crippen LogP) is 4.00. The third kappa shape index (κ3) is 2.64. The van der Waals surface area contributed by atoms with Crippen LogP contribution in [0.25, 0.3) is 11.0 Å². The maximum absolute atomic E-state index is 13.0. The van der Waals surface area contributed by atoms with E-state index in [0.717, 1.165) is 35.2 Å². The number of hydrogen-bond acceptors (Lipinski definition) is 3. The summed E-state index contributed by atoms with van der Waals surface area (Å²) in [7, 11) is 0. The van der Waals surface area contributed by atoms with Gasteiger partial charge < -0.3 is 9.32 Å². The zero-order valence-electron chi connectivity index (χ0n) is 14.3. The molecule has 4 nitrogen and oxygen atoms in total. The Hall–Kier alpha value is -2.88. The number of benzene rings is 2. The molecule has 1 aliphatic heterocycles. The molecule has 0 spiro atoms. The Kier molecular flexibility index (Phi) is 3.68. The van der Waals surface area contributed by atoms with Crippen molar-refractivity contribution < 1.29 is 9.21 Å². The number of anilines is 1. The number of nitrogens with zero attached hydrogens (tertiary/aromatic N) is 1. The first-order valence-corrected chi connectivity index (χ1v) is 8.49. The molecule has 0 bridgehead atoms. The summed E-state index contributed by atoms with van der Waals surface area (Å²) >= 11 is 0. The van der Waals surface area contributed by atoms with Crippen LogP contribution >= 0.6 is 0 Å². The molecule has 1 amide bonds. The molecule has 2 heterocycles. The fourth-order valence-corrected chi connectivity index (χ4v) is 3.59. The quantitative estimate of drug-likeness (QED) is 0.676. The summed E-state index contributed by atoms with van der Waals surface area (Å²) in [6.45, 7) is 4.46. The standard InChI is InChI=1S/C21H19NO3/c1-13-10-14(2)20-16(11-13)18(23)12-19(25-20)21(24)22-9-5-7-15-6-3-4-8-17(15)22/h3-4,6,8,10-12H,5,7,9H2,1-2H3. The van der Waals surface area contributed by atoms with Crippen LogP contribution in [0.4, 0.5) is 5.69 Å². The molecule has 4 rings (SSSR count). The molecule has 126 valence electrons. The molecule has 25 heavy (non-hydrogen) atoms. The van der Waals surface area contributed by atoms with E-state index in [2.05, 4.69) is 0 Å². The number of rotatable bonds is 1. The smallest absolute Gasteiger partial charge is 0.294 e. The van der Waals surface area contributed by atoms with Crippen LogP contribution in [-0.4, -0.2) is 12.5 Å². The first kappa shape index (κ1) is 15.6. The van der Waals surface area contributed by atoms with E-state index in [-0.39, 0.29) is 17.1 Å². The van der Waals surface area contributed by atoms with Crippen LogP contribution in [-0.2, 0) is 6.42 Å². The van der Waals surface area contributed by atoms with Gasteiger partial charge in [0.2, 0.25) is 0 Å². The van der Waals surface area contributed by atoms with E-state index < -0.39 is 0 Å². The molecular weight excluding hydrogens is 314 g/mol. The molecule has 1 aliphatic rings. The average molecular weight is 333 g/mol. The number of amides is 1. The summed E-state index contributed by atoms with van der Waals surface area (Å²) in [6.07, 6.45) is 1.86. The molecule has 0 aliphatic carbocycles. The predicted molar refractivity (Wildman–Crippen MR) is 98.4 cm³/mol. The Bertz CT molecular complexity index is 1050. The van der Waals surface area contributed by atoms with E-state index in [1.807, 2.05) is 44.2 Å². The summed E-state index contributed by atoms with van der Waals surface area (Å²) in [5.74, 6) is -0.160. The molecule has 1 aromatic heterocycles. The molecule has 2 aromatic carbocycles. The maximum Gasteiger partial charge on any atom is 0.294 e. The van der Waals surface area contributed by atoms with Crippen LogP contribution in [0.15, 0.2) is 51.7 Å². The van der Waals surface area contributed by atoms with Crippen molar-refractivity contribution in [3.63, 3.8) is 0 Å². The lowest BCUT2D eigenvalue weighted by atomic mass is 10.0. The summed E-state index contributed by atoms with van der Waals surface area (Å²) in [6, 6.07) is 13.0. The Balaban J connectivity index is 1.83. The van der Waals surface area contributed by atoms with Crippen molar-refractivity contribution >= 4 is 22.6 Å². The zero-order chi connectivity index (χ0) is 17.6. The van der Waals surface area contributed by atoms with Gasteiger partial charge in [-0.1, -0.05) is 24.3 Å². The van der Waals surface area contributed by atoms with Gasteiger partial charge in [-0.2, -0.15) is 0 Å². The van der Waals surface area contributed by atoms with Crippen molar-refractivity contribution in [2.45, 2.75) is 26.7 Å². The second kappa shape index (κ2) is 5.88. The van der Waals surface area contributed by atoms with Crippen molar-refractivity contribution in [1.82, 2.24) is 0 Å². The summed E-state index contributed by atoms with van der Waals surface area (Å²) in [5, 5.41) is 0.521. The number of fused-ring (bicyclic) bond motifs is 2. The molecule has 3 aromatic rings. The SMILES string of the molecule is Cc1cc(C)c2oc(C(=O)N3CCCc4ccccc43)cc(=O)c2c1. The Morgan fingerprint density at radius 3 is 2.76 bits per heavy atom. The fourth-order valence-electron chi connectivity index (χ4n) is 3.59. The Morgan fingerprint density at radius 1 is 1.12 bits per heavy atom. The maximum atomic E-state index is 13.0. The molecule has 0 saturated heterocycles. The molecule has 0 atom stereocenters. The van der Waals surface area contributed by atoms with Gasteiger partial charge in [0.1, 0.15) is 5.58 Å². The fraction of sp³-hybridized carbons (Fsp3) is 0.238. The topological polar surface area (TPSA) is 50.5 Å². The van der Waals surface area contributed by atoms with Gasteiger partial charge in [-0.15, -0.1) is 0 Å². The van der Waals surface area contributed by atoms with Gasteiger partial charge >= 0.3 is 0 Å². The van der Waals surface area contributed by atoms with Gasteiger partial charge in [0.25, 0.3) is 5.91 Å². The Labute approximate surface area is 145 Å². The largest absolute Gasteiger partial charge is 0.450 e. The van der Waals surface area contributed by atoms with Gasteiger partial charge in [-0.05, 0) is 55.5 Å². The lowest BCUT2D eigenvalue weighted by molar-refractivity contribution is 0.0959. The summed E-state index contributed by atoms with van der Waals surface area (Å²) in [5.41, 5.74) is 4.23. The minimum Gasteiger partial charge on any atom is -0.450 e. The third-order valence-corrected chi connectivity index (χ3v) is 4.72. The second-order valence-corrected chi connectivity index (χ2v) is 6.62. The van der Waals surface area contributed by atoms with E-state index in [1.165, 1.54) is 6.07 Å². The van der Waals surface area contributed by atoms with E-state index >= 15 is 0 Å². The lowest BCUT2D eigenvalue weighted by Crippen LogP contribution is -2.35. The Morgan fingerprint density at radius 2 is 1.92 bits per heavy atom. The van der Waals surface area contributed by atoms with Crippen LogP contribution in [0.1, 0.15) is 33.7 Å². The molecule has 0 saturated carbocycles. The zero-order valence-corrected chi connectivity index (χ0v) is 14.3.